The molecule has 0 saturated heterocycles. The van der Waals surface area contributed by atoms with Crippen molar-refractivity contribution in [2.45, 2.75) is 25.3 Å². The van der Waals surface area contributed by atoms with Crippen molar-refractivity contribution in [2.24, 2.45) is 0 Å². The minimum atomic E-state index is -3.30. The molecule has 1 aromatic heterocycles. The molecule has 0 aliphatic heterocycles. The first-order valence-corrected chi connectivity index (χ1v) is 11.3. The van der Waals surface area contributed by atoms with Crippen LogP contribution in [0.25, 0.3) is 11.0 Å². The van der Waals surface area contributed by atoms with Gasteiger partial charge in [-0.15, -0.1) is 0 Å². The smallest absolute Gasteiger partial charge is 0.240 e. The first kappa shape index (κ1) is 20.6. The summed E-state index contributed by atoms with van der Waals surface area (Å²) in [6.07, 6.45) is 1.14. The summed E-state index contributed by atoms with van der Waals surface area (Å²) < 4.78 is 25.2. The minimum absolute atomic E-state index is 0.0546. The summed E-state index contributed by atoms with van der Waals surface area (Å²) >= 11 is 12.1. The Morgan fingerprint density at radius 1 is 1.21 bits per heavy atom. The average molecular weight is 440 g/mol. The van der Waals surface area contributed by atoms with Crippen LogP contribution in [0.1, 0.15) is 24.4 Å². The molecular weight excluding hydrogens is 421 g/mol. The van der Waals surface area contributed by atoms with Crippen molar-refractivity contribution < 1.29 is 13.2 Å². The second-order valence-corrected chi connectivity index (χ2v) is 9.61. The molecule has 0 aliphatic rings. The molecule has 148 valence electrons. The van der Waals surface area contributed by atoms with Gasteiger partial charge in [-0.05, 0) is 36.8 Å². The highest BCUT2D eigenvalue weighted by molar-refractivity contribution is 7.89. The number of imidazole rings is 1. The fourth-order valence-electron chi connectivity index (χ4n) is 3.01. The Labute approximate surface area is 173 Å². The van der Waals surface area contributed by atoms with Crippen molar-refractivity contribution in [1.82, 2.24) is 14.9 Å². The summed E-state index contributed by atoms with van der Waals surface area (Å²) in [7, 11) is -3.30. The number of halogens is 2. The van der Waals surface area contributed by atoms with E-state index in [1.165, 1.54) is 0 Å². The van der Waals surface area contributed by atoms with Gasteiger partial charge in [0, 0.05) is 16.3 Å². The van der Waals surface area contributed by atoms with Crippen LogP contribution in [0.5, 0.6) is 0 Å². The highest BCUT2D eigenvalue weighted by Gasteiger charge is 2.19. The molecule has 0 unspecified atom stereocenters. The van der Waals surface area contributed by atoms with Crippen molar-refractivity contribution in [3.8, 4) is 0 Å². The monoisotopic (exact) mass is 439 g/mol. The van der Waals surface area contributed by atoms with Crippen molar-refractivity contribution in [2.75, 3.05) is 6.26 Å². The highest BCUT2D eigenvalue weighted by Crippen LogP contribution is 2.26. The molecule has 0 saturated carbocycles. The summed E-state index contributed by atoms with van der Waals surface area (Å²) in [4.78, 5) is 17.0. The number of benzene rings is 2. The maximum absolute atomic E-state index is 12.7. The maximum Gasteiger partial charge on any atom is 0.240 e. The van der Waals surface area contributed by atoms with Crippen LogP contribution in [0.15, 0.2) is 42.5 Å². The second-order valence-electron chi connectivity index (χ2n) is 6.63. The van der Waals surface area contributed by atoms with Gasteiger partial charge in [-0.3, -0.25) is 4.79 Å². The molecule has 3 aromatic rings. The fourth-order valence-corrected chi connectivity index (χ4v) is 4.27. The SMILES string of the molecule is C[C@@H](NC(=O)Cn1c(CS(C)(=O)=O)nc2ccccc21)c1ccc(Cl)cc1Cl. The molecule has 0 fully saturated rings. The minimum Gasteiger partial charge on any atom is -0.348 e. The number of carbonyl (C=O) groups is 1. The van der Waals surface area contributed by atoms with E-state index in [9.17, 15) is 13.2 Å². The molecule has 1 atom stereocenters. The number of amides is 1. The Hall–Kier alpha value is -2.09. The van der Waals surface area contributed by atoms with Crippen LogP contribution in [0.4, 0.5) is 0 Å². The fraction of sp³-hybridized carbons (Fsp3) is 0.263. The maximum atomic E-state index is 12.7. The van der Waals surface area contributed by atoms with E-state index in [1.807, 2.05) is 19.1 Å². The number of aromatic nitrogens is 2. The number of carbonyl (C=O) groups excluding carboxylic acids is 1. The largest absolute Gasteiger partial charge is 0.348 e. The number of para-hydroxylation sites is 2. The van der Waals surface area contributed by atoms with E-state index in [0.717, 1.165) is 11.8 Å². The standard InChI is InChI=1S/C19H19Cl2N3O3S/c1-12(14-8-7-13(20)9-15(14)21)22-19(25)10-24-17-6-4-3-5-16(17)23-18(24)11-28(2,26)27/h3-9,12H,10-11H2,1-2H3,(H,22,25)/t12-/m1/s1. The van der Waals surface area contributed by atoms with E-state index in [2.05, 4.69) is 10.3 Å². The van der Waals surface area contributed by atoms with E-state index < -0.39 is 9.84 Å². The molecule has 28 heavy (non-hydrogen) atoms. The van der Waals surface area contributed by atoms with E-state index in [-0.39, 0.29) is 24.2 Å². The summed E-state index contributed by atoms with van der Waals surface area (Å²) in [6.45, 7) is 1.76. The number of rotatable bonds is 6. The zero-order valence-electron chi connectivity index (χ0n) is 15.3. The molecule has 3 rings (SSSR count). The normalized spacial score (nSPS) is 12.9. The zero-order valence-corrected chi connectivity index (χ0v) is 17.6. The quantitative estimate of drug-likeness (QED) is 0.633. The lowest BCUT2D eigenvalue weighted by Crippen LogP contribution is -2.31. The van der Waals surface area contributed by atoms with Crippen LogP contribution in [-0.2, 0) is 26.9 Å². The van der Waals surface area contributed by atoms with E-state index in [1.54, 1.807) is 34.9 Å². The number of sulfone groups is 1. The van der Waals surface area contributed by atoms with Crippen molar-refractivity contribution in [3.05, 3.63) is 63.9 Å². The molecule has 2 aromatic carbocycles. The number of hydrogen-bond acceptors (Lipinski definition) is 4. The van der Waals surface area contributed by atoms with Crippen LogP contribution in [0, 0.1) is 0 Å². The molecule has 0 spiro atoms. The van der Waals surface area contributed by atoms with Gasteiger partial charge in [-0.25, -0.2) is 13.4 Å². The Bertz CT molecular complexity index is 1140. The molecule has 0 bridgehead atoms. The van der Waals surface area contributed by atoms with E-state index in [0.29, 0.717) is 26.9 Å². The lowest BCUT2D eigenvalue weighted by atomic mass is 10.1. The highest BCUT2D eigenvalue weighted by atomic mass is 35.5. The molecule has 9 heteroatoms. The number of hydrogen-bond donors (Lipinski definition) is 1. The Kier molecular flexibility index (Phi) is 5.98. The predicted octanol–water partition coefficient (Wildman–Crippen LogP) is 3.77. The van der Waals surface area contributed by atoms with Gasteiger partial charge >= 0.3 is 0 Å². The second kappa shape index (κ2) is 8.11. The van der Waals surface area contributed by atoms with Gasteiger partial charge in [0.15, 0.2) is 9.84 Å². The first-order chi connectivity index (χ1) is 13.1. The molecule has 1 amide bonds. The number of fused-ring (bicyclic) bond motifs is 1. The zero-order chi connectivity index (χ0) is 20.5. The lowest BCUT2D eigenvalue weighted by Gasteiger charge is -2.17. The first-order valence-electron chi connectivity index (χ1n) is 8.50. The van der Waals surface area contributed by atoms with E-state index >= 15 is 0 Å². The Morgan fingerprint density at radius 2 is 1.93 bits per heavy atom. The van der Waals surface area contributed by atoms with Crippen LogP contribution in [-0.4, -0.2) is 30.1 Å². The predicted molar refractivity (Wildman–Crippen MR) is 111 cm³/mol. The number of nitrogens with one attached hydrogen (secondary N) is 1. The van der Waals surface area contributed by atoms with E-state index in [4.69, 9.17) is 23.2 Å². The topological polar surface area (TPSA) is 81.1 Å². The molecule has 0 aliphatic carbocycles. The third kappa shape index (κ3) is 4.84. The number of nitrogens with zero attached hydrogens (tertiary/aromatic N) is 2. The van der Waals surface area contributed by atoms with Gasteiger partial charge < -0.3 is 9.88 Å². The summed E-state index contributed by atoms with van der Waals surface area (Å²) in [5.41, 5.74) is 2.09. The van der Waals surface area contributed by atoms with Gasteiger partial charge in [0.1, 0.15) is 18.1 Å². The van der Waals surface area contributed by atoms with Gasteiger partial charge in [-0.1, -0.05) is 41.4 Å². The van der Waals surface area contributed by atoms with Gasteiger partial charge in [0.2, 0.25) is 5.91 Å². The molecular formula is C19H19Cl2N3O3S. The van der Waals surface area contributed by atoms with Crippen molar-refractivity contribution in [1.29, 1.82) is 0 Å². The third-order valence-electron chi connectivity index (χ3n) is 4.23. The molecule has 1 heterocycles. The van der Waals surface area contributed by atoms with Crippen LogP contribution >= 0.6 is 23.2 Å². The molecule has 0 radical (unpaired) electrons. The summed E-state index contributed by atoms with van der Waals surface area (Å²) in [5.74, 6) is -0.194. The van der Waals surface area contributed by atoms with Crippen LogP contribution in [0.2, 0.25) is 10.0 Å². The lowest BCUT2D eigenvalue weighted by molar-refractivity contribution is -0.122. The van der Waals surface area contributed by atoms with Gasteiger partial charge in [0.05, 0.1) is 17.1 Å². The molecule has 1 N–H and O–H groups in total. The average Bonchev–Trinajstić information content (AvgIpc) is 2.90. The van der Waals surface area contributed by atoms with Crippen LogP contribution in [0.3, 0.4) is 0 Å². The van der Waals surface area contributed by atoms with Crippen LogP contribution < -0.4 is 5.32 Å². The Morgan fingerprint density at radius 3 is 2.61 bits per heavy atom. The third-order valence-corrected chi connectivity index (χ3v) is 5.58. The molecule has 6 nitrogen and oxygen atoms in total. The van der Waals surface area contributed by atoms with Gasteiger partial charge in [0.25, 0.3) is 0 Å². The van der Waals surface area contributed by atoms with Gasteiger partial charge in [-0.2, -0.15) is 0 Å². The summed E-state index contributed by atoms with van der Waals surface area (Å²) in [6, 6.07) is 12.0. The summed E-state index contributed by atoms with van der Waals surface area (Å²) in [5, 5.41) is 3.87. The van der Waals surface area contributed by atoms with Crippen molar-refractivity contribution >= 4 is 50.0 Å². The van der Waals surface area contributed by atoms with Crippen molar-refractivity contribution in [3.63, 3.8) is 0 Å². The Balaban J connectivity index is 1.85.